The molecule has 6 heteroatoms. The zero-order chi connectivity index (χ0) is 20.8. The van der Waals surface area contributed by atoms with Gasteiger partial charge in [-0.2, -0.15) is 4.98 Å². The second-order valence-corrected chi connectivity index (χ2v) is 7.18. The van der Waals surface area contributed by atoms with Crippen LogP contribution in [0.5, 0.6) is 0 Å². The summed E-state index contributed by atoms with van der Waals surface area (Å²) in [7, 11) is 0. The first kappa shape index (κ1) is 20.5. The van der Waals surface area contributed by atoms with Gasteiger partial charge in [-0.1, -0.05) is 29.4 Å². The van der Waals surface area contributed by atoms with E-state index in [1.54, 1.807) is 13.8 Å². The van der Waals surface area contributed by atoms with Crippen LogP contribution in [0, 0.1) is 6.92 Å². The number of aryl methyl sites for hydroxylation is 1. The van der Waals surface area contributed by atoms with Crippen molar-refractivity contribution in [2.24, 2.45) is 0 Å². The van der Waals surface area contributed by atoms with Gasteiger partial charge in [0.05, 0.1) is 0 Å². The van der Waals surface area contributed by atoms with Crippen molar-refractivity contribution < 1.29 is 14.1 Å². The Morgan fingerprint density at radius 3 is 2.31 bits per heavy atom. The van der Waals surface area contributed by atoms with Crippen LogP contribution < -0.4 is 5.32 Å². The Hall–Kier alpha value is -3.28. The van der Waals surface area contributed by atoms with Gasteiger partial charge >= 0.3 is 0 Å². The molecule has 1 unspecified atom stereocenters. The number of hydrogen-bond acceptors (Lipinski definition) is 6. The minimum atomic E-state index is 0.0677. The van der Waals surface area contributed by atoms with E-state index in [1.165, 1.54) is 0 Å². The summed E-state index contributed by atoms with van der Waals surface area (Å²) in [6, 6.07) is 15.6. The van der Waals surface area contributed by atoms with Crippen molar-refractivity contribution in [3.05, 3.63) is 65.5 Å². The minimum absolute atomic E-state index is 0.0677. The molecule has 0 aliphatic heterocycles. The predicted octanol–water partition coefficient (Wildman–Crippen LogP) is 5.16. The van der Waals surface area contributed by atoms with Crippen LogP contribution in [0.15, 0.2) is 53.1 Å². The summed E-state index contributed by atoms with van der Waals surface area (Å²) in [5.41, 5.74) is 3.64. The lowest BCUT2D eigenvalue weighted by molar-refractivity contribution is -0.117. The number of nitrogens with zero attached hydrogens (tertiary/aromatic N) is 2. The van der Waals surface area contributed by atoms with Crippen LogP contribution in [0.3, 0.4) is 0 Å². The predicted molar refractivity (Wildman–Crippen MR) is 112 cm³/mol. The topological polar surface area (TPSA) is 85.1 Å². The maximum absolute atomic E-state index is 12.2. The van der Waals surface area contributed by atoms with E-state index in [0.29, 0.717) is 36.5 Å². The summed E-state index contributed by atoms with van der Waals surface area (Å²) < 4.78 is 5.02. The quantitative estimate of drug-likeness (QED) is 0.507. The van der Waals surface area contributed by atoms with Crippen molar-refractivity contribution in [1.82, 2.24) is 10.1 Å². The Kier molecular flexibility index (Phi) is 6.54. The molecule has 0 aliphatic carbocycles. The van der Waals surface area contributed by atoms with Crippen LogP contribution in [0.2, 0.25) is 0 Å². The number of rotatable bonds is 9. The first-order valence-electron chi connectivity index (χ1n) is 9.72. The largest absolute Gasteiger partial charge is 0.379 e. The molecular formula is C23H25N3O3. The van der Waals surface area contributed by atoms with Gasteiger partial charge in [0.2, 0.25) is 11.7 Å². The van der Waals surface area contributed by atoms with Gasteiger partial charge in [-0.25, -0.2) is 0 Å². The van der Waals surface area contributed by atoms with Gasteiger partial charge in [-0.3, -0.25) is 4.79 Å². The van der Waals surface area contributed by atoms with Crippen LogP contribution >= 0.6 is 0 Å². The average molecular weight is 391 g/mol. The van der Waals surface area contributed by atoms with Gasteiger partial charge in [0.15, 0.2) is 5.78 Å². The molecule has 1 N–H and O–H groups in total. The Bertz CT molecular complexity index is 975. The van der Waals surface area contributed by atoms with E-state index in [9.17, 15) is 9.59 Å². The lowest BCUT2D eigenvalue weighted by Crippen LogP contribution is -2.07. The average Bonchev–Trinajstić information content (AvgIpc) is 3.14. The fourth-order valence-electron chi connectivity index (χ4n) is 3.07. The number of carbonyl (C=O) groups excluding carboxylic acids is 2. The van der Waals surface area contributed by atoms with Gasteiger partial charge < -0.3 is 14.6 Å². The molecule has 0 amide bonds. The maximum Gasteiger partial charge on any atom is 0.223 e. The van der Waals surface area contributed by atoms with Gasteiger partial charge in [0, 0.05) is 42.6 Å². The van der Waals surface area contributed by atoms with Gasteiger partial charge in [0.1, 0.15) is 5.78 Å². The van der Waals surface area contributed by atoms with E-state index >= 15 is 0 Å². The molecule has 29 heavy (non-hydrogen) atoms. The highest BCUT2D eigenvalue weighted by atomic mass is 16.5. The summed E-state index contributed by atoms with van der Waals surface area (Å²) in [5.74, 6) is 1.31. The lowest BCUT2D eigenvalue weighted by Gasteiger charge is -2.16. The number of hydrogen-bond donors (Lipinski definition) is 1. The molecule has 0 saturated heterocycles. The monoisotopic (exact) mass is 391 g/mol. The van der Waals surface area contributed by atoms with Crippen molar-refractivity contribution in [1.29, 1.82) is 0 Å². The highest BCUT2D eigenvalue weighted by molar-refractivity contribution is 5.96. The molecule has 3 rings (SSSR count). The van der Waals surface area contributed by atoms with Crippen LogP contribution in [0.4, 0.5) is 5.69 Å². The van der Waals surface area contributed by atoms with Crippen LogP contribution in [-0.2, 0) is 4.79 Å². The smallest absolute Gasteiger partial charge is 0.223 e. The van der Waals surface area contributed by atoms with Crippen molar-refractivity contribution in [3.63, 3.8) is 0 Å². The fourth-order valence-corrected chi connectivity index (χ4v) is 3.07. The van der Waals surface area contributed by atoms with Gasteiger partial charge in [-0.15, -0.1) is 0 Å². The Balaban J connectivity index is 1.58. The molecular weight excluding hydrogens is 366 g/mol. The molecule has 3 aromatic rings. The standard InChI is InChI=1S/C23H25N3O3/c1-15(27)5-4-6-22(28)19-11-13-21(14-12-19)24-16(2)18-7-9-20(10-8-18)23-25-17(3)29-26-23/h7-14,16,24H,4-6H2,1-3H3. The number of carbonyl (C=O) groups is 2. The fraction of sp³-hybridized carbons (Fsp3) is 0.304. The maximum atomic E-state index is 12.2. The number of benzene rings is 2. The van der Waals surface area contributed by atoms with Crippen molar-refractivity contribution in [3.8, 4) is 11.4 Å². The van der Waals surface area contributed by atoms with Gasteiger partial charge in [-0.05, 0) is 50.1 Å². The molecule has 0 saturated carbocycles. The molecule has 1 aromatic heterocycles. The van der Waals surface area contributed by atoms with E-state index in [1.807, 2.05) is 48.5 Å². The number of Topliss-reactive ketones (excluding diaryl/α,β-unsaturated/α-hetero) is 2. The second kappa shape index (κ2) is 9.28. The van der Waals surface area contributed by atoms with Crippen LogP contribution in [0.1, 0.15) is 61.0 Å². The third-order valence-corrected chi connectivity index (χ3v) is 4.72. The highest BCUT2D eigenvalue weighted by Crippen LogP contribution is 2.23. The summed E-state index contributed by atoms with van der Waals surface area (Å²) in [6.45, 7) is 5.39. The van der Waals surface area contributed by atoms with Crippen LogP contribution in [0.25, 0.3) is 11.4 Å². The van der Waals surface area contributed by atoms with Crippen molar-refractivity contribution in [2.75, 3.05) is 5.32 Å². The SMILES string of the molecule is CC(=O)CCCC(=O)c1ccc(NC(C)c2ccc(-c3noc(C)n3)cc2)cc1. The Labute approximate surface area is 170 Å². The van der Waals surface area contributed by atoms with E-state index in [0.717, 1.165) is 16.8 Å². The lowest BCUT2D eigenvalue weighted by atomic mass is 10.0. The summed E-state index contributed by atoms with van der Waals surface area (Å²) in [6.07, 6.45) is 1.45. The Morgan fingerprint density at radius 2 is 1.72 bits per heavy atom. The van der Waals surface area contributed by atoms with Crippen molar-refractivity contribution in [2.45, 2.75) is 46.1 Å². The summed E-state index contributed by atoms with van der Waals surface area (Å²) in [5, 5.41) is 7.37. The minimum Gasteiger partial charge on any atom is -0.379 e. The third kappa shape index (κ3) is 5.60. The van der Waals surface area contributed by atoms with E-state index in [4.69, 9.17) is 4.52 Å². The number of anilines is 1. The normalized spacial score (nSPS) is 11.8. The molecule has 6 nitrogen and oxygen atoms in total. The molecule has 150 valence electrons. The number of ketones is 2. The molecule has 2 aromatic carbocycles. The zero-order valence-corrected chi connectivity index (χ0v) is 16.9. The number of aromatic nitrogens is 2. The summed E-state index contributed by atoms with van der Waals surface area (Å²) >= 11 is 0. The third-order valence-electron chi connectivity index (χ3n) is 4.72. The zero-order valence-electron chi connectivity index (χ0n) is 16.9. The number of nitrogens with one attached hydrogen (secondary N) is 1. The molecule has 0 fully saturated rings. The second-order valence-electron chi connectivity index (χ2n) is 7.18. The molecule has 0 bridgehead atoms. The highest BCUT2D eigenvalue weighted by Gasteiger charge is 2.10. The molecule has 0 aliphatic rings. The molecule has 0 spiro atoms. The van der Waals surface area contributed by atoms with E-state index < -0.39 is 0 Å². The molecule has 1 atom stereocenters. The van der Waals surface area contributed by atoms with Crippen LogP contribution in [-0.4, -0.2) is 21.7 Å². The van der Waals surface area contributed by atoms with Gasteiger partial charge in [0.25, 0.3) is 0 Å². The summed E-state index contributed by atoms with van der Waals surface area (Å²) in [4.78, 5) is 27.4. The van der Waals surface area contributed by atoms with E-state index in [2.05, 4.69) is 22.4 Å². The Morgan fingerprint density at radius 1 is 1.03 bits per heavy atom. The molecule has 1 heterocycles. The molecule has 0 radical (unpaired) electrons. The first-order valence-corrected chi connectivity index (χ1v) is 9.72. The first-order chi connectivity index (χ1) is 13.9. The van der Waals surface area contributed by atoms with E-state index in [-0.39, 0.29) is 17.6 Å². The van der Waals surface area contributed by atoms with Crippen molar-refractivity contribution >= 4 is 17.3 Å².